The van der Waals surface area contributed by atoms with Gasteiger partial charge in [0.15, 0.2) is 0 Å². The van der Waals surface area contributed by atoms with Crippen molar-refractivity contribution in [3.05, 3.63) is 88.4 Å². The van der Waals surface area contributed by atoms with Crippen LogP contribution in [-0.2, 0) is 26.2 Å². The lowest BCUT2D eigenvalue weighted by atomic mass is 10.1. The molecule has 3 rings (SSSR count). The largest absolute Gasteiger partial charge is 0.494 e. The van der Waals surface area contributed by atoms with Crippen LogP contribution in [0.1, 0.15) is 19.4 Å². The quantitative estimate of drug-likeness (QED) is 0.354. The number of rotatable bonds is 11. The standard InChI is InChI=1S/C27H29Cl2N3O5S/c1-4-37-23-12-14-24(15-13-23)38(35,36)32(22-8-6-5-7-9-22)18-26(33)31(19(2)27(34)30-3)17-20-10-11-21(28)16-25(20)29/h5-16,19H,4,17-18H2,1-3H3,(H,30,34)/t19-/m1/s1. The van der Waals surface area contributed by atoms with Crippen molar-refractivity contribution in [3.63, 3.8) is 0 Å². The summed E-state index contributed by atoms with van der Waals surface area (Å²) in [4.78, 5) is 27.6. The Morgan fingerprint density at radius 1 is 1.00 bits per heavy atom. The van der Waals surface area contributed by atoms with Gasteiger partial charge in [0.05, 0.1) is 17.2 Å². The number of hydrogen-bond donors (Lipinski definition) is 1. The minimum atomic E-state index is -4.17. The average molecular weight is 579 g/mol. The summed E-state index contributed by atoms with van der Waals surface area (Å²) in [5.74, 6) is -0.478. The number of nitrogens with zero attached hydrogens (tertiary/aromatic N) is 2. The van der Waals surface area contributed by atoms with E-state index in [1.54, 1.807) is 61.5 Å². The lowest BCUT2D eigenvalue weighted by Gasteiger charge is -2.32. The molecular formula is C27H29Cl2N3O5S. The van der Waals surface area contributed by atoms with E-state index in [0.29, 0.717) is 33.7 Å². The Labute approximate surface area is 233 Å². The maximum atomic E-state index is 13.8. The Morgan fingerprint density at radius 3 is 2.24 bits per heavy atom. The topological polar surface area (TPSA) is 96.0 Å². The highest BCUT2D eigenvalue weighted by Gasteiger charge is 2.32. The molecule has 3 aromatic rings. The lowest BCUT2D eigenvalue weighted by molar-refractivity contribution is -0.139. The summed E-state index contributed by atoms with van der Waals surface area (Å²) in [5.41, 5.74) is 0.854. The Bertz CT molecular complexity index is 1370. The molecule has 1 atom stereocenters. The molecule has 0 aliphatic carbocycles. The maximum Gasteiger partial charge on any atom is 0.264 e. The number of para-hydroxylation sites is 1. The third-order valence-electron chi connectivity index (χ3n) is 5.82. The van der Waals surface area contributed by atoms with Gasteiger partial charge >= 0.3 is 0 Å². The van der Waals surface area contributed by atoms with Crippen molar-refractivity contribution in [2.75, 3.05) is 24.5 Å². The van der Waals surface area contributed by atoms with Crippen molar-refractivity contribution in [3.8, 4) is 5.75 Å². The third kappa shape index (κ3) is 6.98. The van der Waals surface area contributed by atoms with Crippen LogP contribution in [0.25, 0.3) is 0 Å². The lowest BCUT2D eigenvalue weighted by Crippen LogP contribution is -2.50. The summed E-state index contributed by atoms with van der Waals surface area (Å²) >= 11 is 12.4. The zero-order valence-electron chi connectivity index (χ0n) is 21.2. The van der Waals surface area contributed by atoms with E-state index < -0.39 is 34.4 Å². The summed E-state index contributed by atoms with van der Waals surface area (Å²) in [5, 5.41) is 3.28. The number of hydrogen-bond acceptors (Lipinski definition) is 5. The fourth-order valence-corrected chi connectivity index (χ4v) is 5.63. The molecule has 38 heavy (non-hydrogen) atoms. The van der Waals surface area contributed by atoms with Gasteiger partial charge in [0.1, 0.15) is 18.3 Å². The first-order valence-electron chi connectivity index (χ1n) is 11.8. The highest BCUT2D eigenvalue weighted by molar-refractivity contribution is 7.92. The number of sulfonamides is 1. The van der Waals surface area contributed by atoms with Gasteiger partial charge in [0.25, 0.3) is 10.0 Å². The van der Waals surface area contributed by atoms with Gasteiger partial charge in [0, 0.05) is 23.6 Å². The number of benzene rings is 3. The molecule has 0 aliphatic heterocycles. The SMILES string of the molecule is CCOc1ccc(S(=O)(=O)N(CC(=O)N(Cc2ccc(Cl)cc2Cl)[C@H](C)C(=O)NC)c2ccccc2)cc1. The number of ether oxygens (including phenoxy) is 1. The minimum Gasteiger partial charge on any atom is -0.494 e. The Morgan fingerprint density at radius 2 is 1.66 bits per heavy atom. The van der Waals surface area contributed by atoms with Gasteiger partial charge in [-0.1, -0.05) is 47.5 Å². The molecule has 0 heterocycles. The van der Waals surface area contributed by atoms with Gasteiger partial charge in [-0.05, 0) is 67.9 Å². The monoisotopic (exact) mass is 577 g/mol. The molecule has 11 heteroatoms. The van der Waals surface area contributed by atoms with E-state index in [9.17, 15) is 18.0 Å². The minimum absolute atomic E-state index is 0.00995. The van der Waals surface area contributed by atoms with E-state index in [1.165, 1.54) is 30.1 Å². The van der Waals surface area contributed by atoms with Gasteiger partial charge < -0.3 is 15.0 Å². The van der Waals surface area contributed by atoms with Gasteiger partial charge in [-0.25, -0.2) is 8.42 Å². The molecule has 202 valence electrons. The van der Waals surface area contributed by atoms with Crippen molar-refractivity contribution in [1.29, 1.82) is 0 Å². The van der Waals surface area contributed by atoms with Crippen LogP contribution in [0.5, 0.6) is 5.75 Å². The number of halogens is 2. The van der Waals surface area contributed by atoms with E-state index >= 15 is 0 Å². The number of amides is 2. The normalized spacial score (nSPS) is 11.9. The van der Waals surface area contributed by atoms with Crippen LogP contribution in [0, 0.1) is 0 Å². The average Bonchev–Trinajstić information content (AvgIpc) is 2.91. The van der Waals surface area contributed by atoms with Gasteiger partial charge in [-0.2, -0.15) is 0 Å². The highest BCUT2D eigenvalue weighted by atomic mass is 35.5. The zero-order valence-corrected chi connectivity index (χ0v) is 23.6. The summed E-state index contributed by atoms with van der Waals surface area (Å²) in [6.45, 7) is 3.25. The molecular weight excluding hydrogens is 549 g/mol. The van der Waals surface area contributed by atoms with Crippen molar-refractivity contribution >= 4 is 50.7 Å². The predicted octanol–water partition coefficient (Wildman–Crippen LogP) is 4.75. The Kier molecular flexibility index (Phi) is 10.0. The summed E-state index contributed by atoms with van der Waals surface area (Å²) < 4.78 is 34.0. The smallest absolute Gasteiger partial charge is 0.264 e. The van der Waals surface area contributed by atoms with Crippen LogP contribution in [0.2, 0.25) is 10.0 Å². The fraction of sp³-hybridized carbons (Fsp3) is 0.259. The van der Waals surface area contributed by atoms with E-state index in [0.717, 1.165) is 4.31 Å². The van der Waals surface area contributed by atoms with Gasteiger partial charge in [-0.15, -0.1) is 0 Å². The van der Waals surface area contributed by atoms with E-state index in [1.807, 2.05) is 6.92 Å². The van der Waals surface area contributed by atoms with E-state index in [2.05, 4.69) is 5.32 Å². The maximum absolute atomic E-state index is 13.8. The molecule has 0 aromatic heterocycles. The molecule has 1 N–H and O–H groups in total. The summed E-state index contributed by atoms with van der Waals surface area (Å²) in [7, 11) is -2.70. The van der Waals surface area contributed by atoms with Crippen LogP contribution in [0.15, 0.2) is 77.7 Å². The number of anilines is 1. The zero-order chi connectivity index (χ0) is 27.9. The molecule has 2 amide bonds. The summed E-state index contributed by atoms with van der Waals surface area (Å²) in [6, 6.07) is 18.2. The molecule has 0 unspecified atom stereocenters. The summed E-state index contributed by atoms with van der Waals surface area (Å²) in [6.07, 6.45) is 0. The molecule has 0 bridgehead atoms. The fourth-order valence-electron chi connectivity index (χ4n) is 3.75. The van der Waals surface area contributed by atoms with Crippen LogP contribution in [-0.4, -0.2) is 51.4 Å². The number of carbonyl (C=O) groups excluding carboxylic acids is 2. The van der Waals surface area contributed by atoms with Crippen LogP contribution >= 0.6 is 23.2 Å². The second kappa shape index (κ2) is 13.0. The van der Waals surface area contributed by atoms with Crippen molar-refractivity contribution in [2.24, 2.45) is 0 Å². The Balaban J connectivity index is 2.01. The number of carbonyl (C=O) groups is 2. The number of likely N-dealkylation sites (N-methyl/N-ethyl adjacent to an activating group) is 1. The first-order valence-corrected chi connectivity index (χ1v) is 14.0. The van der Waals surface area contributed by atoms with E-state index in [-0.39, 0.29) is 11.4 Å². The van der Waals surface area contributed by atoms with E-state index in [4.69, 9.17) is 27.9 Å². The second-order valence-corrected chi connectivity index (χ2v) is 11.0. The second-order valence-electron chi connectivity index (χ2n) is 8.30. The first-order chi connectivity index (χ1) is 18.1. The van der Waals surface area contributed by atoms with Crippen LogP contribution in [0.4, 0.5) is 5.69 Å². The first kappa shape index (κ1) is 29.3. The third-order valence-corrected chi connectivity index (χ3v) is 8.19. The molecule has 0 radical (unpaired) electrons. The van der Waals surface area contributed by atoms with Crippen molar-refractivity contribution in [2.45, 2.75) is 31.3 Å². The molecule has 3 aromatic carbocycles. The molecule has 0 spiro atoms. The van der Waals surface area contributed by atoms with Crippen LogP contribution in [0.3, 0.4) is 0 Å². The van der Waals surface area contributed by atoms with Gasteiger partial charge in [0.2, 0.25) is 11.8 Å². The molecule has 0 aliphatic rings. The molecule has 0 saturated heterocycles. The number of nitrogens with one attached hydrogen (secondary N) is 1. The molecule has 8 nitrogen and oxygen atoms in total. The Hall–Kier alpha value is -3.27. The predicted molar refractivity (Wildman–Crippen MR) is 149 cm³/mol. The molecule has 0 saturated carbocycles. The van der Waals surface area contributed by atoms with Crippen LogP contribution < -0.4 is 14.4 Å². The molecule has 0 fully saturated rings. The van der Waals surface area contributed by atoms with Crippen molar-refractivity contribution in [1.82, 2.24) is 10.2 Å². The highest BCUT2D eigenvalue weighted by Crippen LogP contribution is 2.27. The van der Waals surface area contributed by atoms with Gasteiger partial charge in [-0.3, -0.25) is 13.9 Å². The van der Waals surface area contributed by atoms with Crippen molar-refractivity contribution < 1.29 is 22.7 Å².